The second kappa shape index (κ2) is 10.3. The van der Waals surface area contributed by atoms with Crippen LogP contribution in [0, 0.1) is 41.9 Å². The summed E-state index contributed by atoms with van der Waals surface area (Å²) >= 11 is 0. The number of fused-ring (bicyclic) bond motifs is 5. The van der Waals surface area contributed by atoms with E-state index < -0.39 is 5.60 Å². The normalized spacial score (nSPS) is 42.7. The second-order valence-electron chi connectivity index (χ2n) is 12.0. The molecule has 4 aliphatic carbocycles. The zero-order valence-corrected chi connectivity index (χ0v) is 23.9. The minimum atomic E-state index is -0.755. The van der Waals surface area contributed by atoms with Crippen LogP contribution in [0.3, 0.4) is 0 Å². The largest absolute Gasteiger partial charge is 1.00 e. The summed E-state index contributed by atoms with van der Waals surface area (Å²) in [5.74, 6) is 3.49. The summed E-state index contributed by atoms with van der Waals surface area (Å²) in [5.41, 5.74) is 1.73. The van der Waals surface area contributed by atoms with Gasteiger partial charge in [-0.2, -0.15) is 0 Å². The van der Waals surface area contributed by atoms with Crippen LogP contribution in [-0.2, 0) is 0 Å². The Hall–Kier alpha value is 1.30. The van der Waals surface area contributed by atoms with E-state index in [9.17, 15) is 10.2 Å². The number of aliphatic hydroxyl groups is 1. The standard InChI is InChI=1S/C26H43O2.CH3.K/c1-24(2,28)14-6-5-7-18-9-11-22-21-10-8-19-17-20(27)12-15-26(19,4)23(21)13-16-25(18,22)3;;/h8,18,20-23,27H,5-7,9-17H2,1-4H3;1H3;/q2*-1;+1. The Morgan fingerprint density at radius 3 is 2.50 bits per heavy atom. The summed E-state index contributed by atoms with van der Waals surface area (Å²) < 4.78 is 0. The number of rotatable bonds is 5. The van der Waals surface area contributed by atoms with E-state index in [0.29, 0.717) is 10.8 Å². The molecule has 0 bridgehead atoms. The van der Waals surface area contributed by atoms with Gasteiger partial charge in [-0.1, -0.05) is 58.6 Å². The van der Waals surface area contributed by atoms with E-state index in [2.05, 4.69) is 19.9 Å². The van der Waals surface area contributed by atoms with Crippen LogP contribution in [0.4, 0.5) is 0 Å². The predicted molar refractivity (Wildman–Crippen MR) is 120 cm³/mol. The molecule has 3 fully saturated rings. The Morgan fingerprint density at radius 2 is 1.80 bits per heavy atom. The van der Waals surface area contributed by atoms with Crippen LogP contribution < -0.4 is 56.5 Å². The van der Waals surface area contributed by atoms with E-state index in [1.165, 1.54) is 51.4 Å². The molecule has 0 aliphatic heterocycles. The number of hydrogen-bond donors (Lipinski definition) is 1. The third-order valence-electron chi connectivity index (χ3n) is 9.86. The zero-order valence-electron chi connectivity index (χ0n) is 20.8. The molecule has 0 heterocycles. The van der Waals surface area contributed by atoms with Gasteiger partial charge in [-0.05, 0) is 92.3 Å². The van der Waals surface area contributed by atoms with Gasteiger partial charge in [0.25, 0.3) is 0 Å². The topological polar surface area (TPSA) is 43.3 Å². The maximum absolute atomic E-state index is 11.9. The molecule has 4 aliphatic rings. The predicted octanol–water partition coefficient (Wildman–Crippen LogP) is 3.08. The maximum atomic E-state index is 11.9. The Labute approximate surface area is 229 Å². The van der Waals surface area contributed by atoms with Gasteiger partial charge in [-0.15, -0.1) is 5.60 Å². The van der Waals surface area contributed by atoms with Crippen molar-refractivity contribution in [2.75, 3.05) is 0 Å². The Bertz CT molecular complexity index is 608. The number of hydrogen-bond acceptors (Lipinski definition) is 2. The van der Waals surface area contributed by atoms with Crippen molar-refractivity contribution in [3.8, 4) is 0 Å². The van der Waals surface area contributed by atoms with Crippen molar-refractivity contribution in [1.82, 2.24) is 0 Å². The molecule has 0 aromatic heterocycles. The van der Waals surface area contributed by atoms with Crippen molar-refractivity contribution < 1.29 is 61.6 Å². The molecule has 168 valence electrons. The second-order valence-corrected chi connectivity index (χ2v) is 12.0. The van der Waals surface area contributed by atoms with Crippen molar-refractivity contribution in [3.63, 3.8) is 0 Å². The van der Waals surface area contributed by atoms with E-state index in [1.807, 2.05) is 13.8 Å². The van der Waals surface area contributed by atoms with E-state index in [4.69, 9.17) is 0 Å². The Morgan fingerprint density at radius 1 is 1.07 bits per heavy atom. The first-order chi connectivity index (χ1) is 13.1. The first-order valence-electron chi connectivity index (χ1n) is 12.2. The monoisotopic (exact) mass is 441 g/mol. The van der Waals surface area contributed by atoms with Crippen LogP contribution in [0.5, 0.6) is 0 Å². The molecule has 1 N–H and O–H groups in total. The van der Waals surface area contributed by atoms with Crippen LogP contribution in [0.1, 0.15) is 105 Å². The van der Waals surface area contributed by atoms with E-state index in [1.54, 1.807) is 5.57 Å². The first kappa shape index (κ1) is 27.5. The fraction of sp³-hybridized carbons (Fsp3) is 0.889. The molecule has 2 nitrogen and oxygen atoms in total. The summed E-state index contributed by atoms with van der Waals surface area (Å²) in [6.07, 6.45) is 17.0. The fourth-order valence-electron chi connectivity index (χ4n) is 8.17. The number of allylic oxidation sites excluding steroid dienone is 1. The van der Waals surface area contributed by atoms with Crippen molar-refractivity contribution in [1.29, 1.82) is 0 Å². The van der Waals surface area contributed by atoms with Gasteiger partial charge >= 0.3 is 51.4 Å². The van der Waals surface area contributed by atoms with Gasteiger partial charge in [0.15, 0.2) is 0 Å². The maximum Gasteiger partial charge on any atom is 1.00 e. The van der Waals surface area contributed by atoms with Crippen LogP contribution in [0.2, 0.25) is 0 Å². The summed E-state index contributed by atoms with van der Waals surface area (Å²) in [5, 5.41) is 22.1. The minimum Gasteiger partial charge on any atom is -0.850 e. The summed E-state index contributed by atoms with van der Waals surface area (Å²) in [7, 11) is 0. The third-order valence-corrected chi connectivity index (χ3v) is 9.86. The summed E-state index contributed by atoms with van der Waals surface area (Å²) in [6.45, 7) is 8.81. The molecular weight excluding hydrogens is 395 g/mol. The Kier molecular flexibility index (Phi) is 9.44. The molecule has 7 atom stereocenters. The van der Waals surface area contributed by atoms with Gasteiger partial charge in [0.2, 0.25) is 0 Å². The van der Waals surface area contributed by atoms with Crippen LogP contribution in [0.15, 0.2) is 11.6 Å². The molecule has 7 unspecified atom stereocenters. The van der Waals surface area contributed by atoms with Gasteiger partial charge in [-0.3, -0.25) is 0 Å². The fourth-order valence-corrected chi connectivity index (χ4v) is 8.17. The van der Waals surface area contributed by atoms with Crippen LogP contribution in [-0.4, -0.2) is 16.8 Å². The zero-order chi connectivity index (χ0) is 20.2. The molecule has 0 aromatic rings. The van der Waals surface area contributed by atoms with Gasteiger partial charge in [-0.25, -0.2) is 0 Å². The van der Waals surface area contributed by atoms with Crippen LogP contribution in [0.25, 0.3) is 0 Å². The van der Waals surface area contributed by atoms with E-state index in [-0.39, 0.29) is 64.9 Å². The van der Waals surface area contributed by atoms with Crippen molar-refractivity contribution in [2.24, 2.45) is 34.5 Å². The molecule has 0 radical (unpaired) electrons. The van der Waals surface area contributed by atoms with E-state index >= 15 is 0 Å². The molecule has 0 spiro atoms. The molecule has 3 saturated carbocycles. The molecular formula is C27H46KO2-. The minimum absolute atomic E-state index is 0. The molecule has 30 heavy (non-hydrogen) atoms. The van der Waals surface area contributed by atoms with Crippen molar-refractivity contribution in [3.05, 3.63) is 19.1 Å². The Balaban J connectivity index is 0.00000160. The van der Waals surface area contributed by atoms with Gasteiger partial charge in [0, 0.05) is 0 Å². The molecule has 0 amide bonds. The number of aliphatic hydroxyl groups excluding tert-OH is 1. The number of unbranched alkanes of at least 4 members (excludes halogenated alkanes) is 1. The smallest absolute Gasteiger partial charge is 0.850 e. The summed E-state index contributed by atoms with van der Waals surface area (Å²) in [6, 6.07) is 0. The first-order valence-corrected chi connectivity index (χ1v) is 12.2. The van der Waals surface area contributed by atoms with E-state index in [0.717, 1.165) is 49.4 Å². The average Bonchev–Trinajstić information content (AvgIpc) is 2.95. The van der Waals surface area contributed by atoms with Crippen molar-refractivity contribution >= 4 is 0 Å². The van der Waals surface area contributed by atoms with Crippen molar-refractivity contribution in [2.45, 2.75) is 116 Å². The summed E-state index contributed by atoms with van der Waals surface area (Å²) in [4.78, 5) is 0. The SMILES string of the molecule is CC(C)([O-])CCCCC1CCC2C3CC=C4CC(O)CCC4(C)C3CCC12C.[CH3-].[K+]. The average molecular weight is 442 g/mol. The van der Waals surface area contributed by atoms with Crippen LogP contribution >= 0.6 is 0 Å². The van der Waals surface area contributed by atoms with Gasteiger partial charge in [0.1, 0.15) is 0 Å². The molecule has 0 saturated heterocycles. The third kappa shape index (κ3) is 5.18. The quantitative estimate of drug-likeness (QED) is 0.308. The van der Waals surface area contributed by atoms with Gasteiger partial charge in [0.05, 0.1) is 6.10 Å². The molecule has 4 rings (SSSR count). The van der Waals surface area contributed by atoms with Gasteiger partial charge < -0.3 is 17.6 Å². The molecule has 3 heteroatoms. The molecule has 0 aromatic carbocycles.